The Balaban J connectivity index is 1.61. The molecule has 2 aliphatic heterocycles. The Kier molecular flexibility index (Phi) is 6.82. The zero-order chi connectivity index (χ0) is 20.1. The number of anilines is 2. The number of hydrogen-bond donors (Lipinski definition) is 2. The summed E-state index contributed by atoms with van der Waals surface area (Å²) in [7, 11) is -3.49. The molecule has 3 rings (SSSR count). The summed E-state index contributed by atoms with van der Waals surface area (Å²) >= 11 is 0. The van der Waals surface area contributed by atoms with Crippen LogP contribution in [-0.2, 0) is 10.0 Å². The molecular weight excluding hydrogens is 378 g/mol. The van der Waals surface area contributed by atoms with Crippen LogP contribution in [0.5, 0.6) is 0 Å². The van der Waals surface area contributed by atoms with Crippen molar-refractivity contribution in [3.8, 4) is 0 Å². The highest BCUT2D eigenvalue weighted by molar-refractivity contribution is 7.92. The molecule has 1 aromatic rings. The van der Waals surface area contributed by atoms with Gasteiger partial charge in [-0.25, -0.2) is 13.2 Å². The first-order chi connectivity index (χ1) is 13.3. The van der Waals surface area contributed by atoms with E-state index in [0.29, 0.717) is 11.6 Å². The van der Waals surface area contributed by atoms with Crippen LogP contribution in [0.25, 0.3) is 0 Å². The van der Waals surface area contributed by atoms with Gasteiger partial charge in [0.15, 0.2) is 0 Å². The van der Waals surface area contributed by atoms with E-state index in [4.69, 9.17) is 0 Å². The van der Waals surface area contributed by atoms with Crippen LogP contribution >= 0.6 is 0 Å². The third kappa shape index (κ3) is 5.85. The topological polar surface area (TPSA) is 89.9 Å². The van der Waals surface area contributed by atoms with Crippen LogP contribution in [0, 0.1) is 5.92 Å². The zero-order valence-corrected chi connectivity index (χ0v) is 17.4. The molecule has 28 heavy (non-hydrogen) atoms. The van der Waals surface area contributed by atoms with Crippen LogP contribution in [0.2, 0.25) is 0 Å². The van der Waals surface area contributed by atoms with E-state index in [2.05, 4.69) is 14.5 Å². The van der Waals surface area contributed by atoms with Crippen molar-refractivity contribution in [1.29, 1.82) is 0 Å². The molecule has 0 bridgehead atoms. The van der Waals surface area contributed by atoms with Gasteiger partial charge in [-0.2, -0.15) is 0 Å². The molecule has 7 nitrogen and oxygen atoms in total. The number of carboxylic acid groups (broad SMARTS) is 1. The summed E-state index contributed by atoms with van der Waals surface area (Å²) in [5, 5.41) is 9.22. The molecule has 0 atom stereocenters. The number of carbonyl (C=O) groups is 1. The number of benzene rings is 1. The quantitative estimate of drug-likeness (QED) is 0.720. The van der Waals surface area contributed by atoms with Crippen molar-refractivity contribution >= 4 is 27.4 Å². The van der Waals surface area contributed by atoms with Gasteiger partial charge in [-0.1, -0.05) is 6.42 Å². The normalized spacial score (nSPS) is 19.5. The molecule has 2 N–H and O–H groups in total. The van der Waals surface area contributed by atoms with Crippen LogP contribution in [0.4, 0.5) is 11.4 Å². The minimum absolute atomic E-state index is 0.0753. The molecule has 0 aromatic heterocycles. The lowest BCUT2D eigenvalue weighted by molar-refractivity contribution is 0.0697. The van der Waals surface area contributed by atoms with Crippen molar-refractivity contribution in [1.82, 2.24) is 4.90 Å². The fourth-order valence-corrected chi connectivity index (χ4v) is 4.80. The second-order valence-corrected chi connectivity index (χ2v) is 9.78. The van der Waals surface area contributed by atoms with E-state index in [1.54, 1.807) is 6.07 Å². The maximum atomic E-state index is 11.7. The minimum Gasteiger partial charge on any atom is -0.478 e. The Bertz CT molecular complexity index is 783. The summed E-state index contributed by atoms with van der Waals surface area (Å²) in [6.07, 6.45) is 8.46. The Morgan fingerprint density at radius 1 is 1.14 bits per heavy atom. The number of hydrogen-bond acceptors (Lipinski definition) is 5. The number of sulfonamides is 1. The highest BCUT2D eigenvalue weighted by atomic mass is 32.2. The van der Waals surface area contributed by atoms with Gasteiger partial charge in [0.25, 0.3) is 0 Å². The summed E-state index contributed by atoms with van der Waals surface area (Å²) in [5.41, 5.74) is 1.17. The first-order valence-electron chi connectivity index (χ1n) is 10.1. The van der Waals surface area contributed by atoms with Gasteiger partial charge in [0.1, 0.15) is 0 Å². The molecule has 2 heterocycles. The van der Waals surface area contributed by atoms with E-state index in [0.717, 1.165) is 37.9 Å². The van der Waals surface area contributed by atoms with E-state index in [1.807, 2.05) is 0 Å². The summed E-state index contributed by atoms with van der Waals surface area (Å²) in [4.78, 5) is 16.0. The number of carboxylic acids is 1. The molecule has 0 aliphatic carbocycles. The van der Waals surface area contributed by atoms with E-state index in [9.17, 15) is 18.3 Å². The van der Waals surface area contributed by atoms with Crippen molar-refractivity contribution in [2.24, 2.45) is 5.92 Å². The molecule has 1 aromatic carbocycles. The zero-order valence-electron chi connectivity index (χ0n) is 16.6. The van der Waals surface area contributed by atoms with Crippen molar-refractivity contribution < 1.29 is 18.3 Å². The molecule has 0 radical (unpaired) electrons. The lowest BCUT2D eigenvalue weighted by atomic mass is 9.92. The molecule has 0 amide bonds. The number of likely N-dealkylation sites (tertiary alicyclic amines) is 1. The summed E-state index contributed by atoms with van der Waals surface area (Å²) < 4.78 is 25.9. The molecule has 8 heteroatoms. The van der Waals surface area contributed by atoms with Crippen LogP contribution in [0.1, 0.15) is 48.9 Å². The molecule has 2 fully saturated rings. The monoisotopic (exact) mass is 409 g/mol. The number of piperidine rings is 2. The largest absolute Gasteiger partial charge is 0.478 e. The predicted molar refractivity (Wildman–Crippen MR) is 112 cm³/mol. The second kappa shape index (κ2) is 9.13. The van der Waals surface area contributed by atoms with E-state index < -0.39 is 16.0 Å². The Labute approximate surface area is 167 Å². The highest BCUT2D eigenvalue weighted by Gasteiger charge is 2.23. The molecular formula is C20H31N3O4S. The minimum atomic E-state index is -3.49. The van der Waals surface area contributed by atoms with Gasteiger partial charge >= 0.3 is 5.97 Å². The van der Waals surface area contributed by atoms with Crippen LogP contribution in [0.15, 0.2) is 18.2 Å². The Morgan fingerprint density at radius 3 is 2.43 bits per heavy atom. The fourth-order valence-electron chi connectivity index (χ4n) is 4.24. The Morgan fingerprint density at radius 2 is 1.82 bits per heavy atom. The lowest BCUT2D eigenvalue weighted by Crippen LogP contribution is -2.36. The number of aromatic carboxylic acids is 1. The maximum Gasteiger partial charge on any atom is 0.335 e. The van der Waals surface area contributed by atoms with Gasteiger partial charge < -0.3 is 14.9 Å². The SMILES string of the molecule is CS(=O)(=O)Nc1cc(C(=O)O)ccc1N1CCC(CCN2CCCCC2)CC1. The van der Waals surface area contributed by atoms with E-state index >= 15 is 0 Å². The van der Waals surface area contributed by atoms with Crippen LogP contribution < -0.4 is 9.62 Å². The Hall–Kier alpha value is -1.80. The standard InChI is InChI=1S/C20H31N3O4S/c1-28(26,27)21-18-15-17(20(24)25)5-6-19(18)23-13-8-16(9-14-23)7-12-22-10-3-2-4-11-22/h5-6,15-16,21H,2-4,7-14H2,1H3,(H,24,25). The molecule has 156 valence electrons. The van der Waals surface area contributed by atoms with Crippen molar-refractivity contribution in [2.45, 2.75) is 38.5 Å². The summed E-state index contributed by atoms with van der Waals surface area (Å²) in [6.45, 7) is 5.36. The van der Waals surface area contributed by atoms with Gasteiger partial charge in [0, 0.05) is 13.1 Å². The van der Waals surface area contributed by atoms with Crippen LogP contribution in [0.3, 0.4) is 0 Å². The van der Waals surface area contributed by atoms with E-state index in [1.165, 1.54) is 57.5 Å². The third-order valence-corrected chi connectivity index (χ3v) is 6.39. The average Bonchev–Trinajstić information content (AvgIpc) is 2.66. The average molecular weight is 410 g/mol. The van der Waals surface area contributed by atoms with Gasteiger partial charge in [-0.3, -0.25) is 4.72 Å². The fraction of sp³-hybridized carbons (Fsp3) is 0.650. The smallest absolute Gasteiger partial charge is 0.335 e. The highest BCUT2D eigenvalue weighted by Crippen LogP contribution is 2.32. The molecule has 2 aliphatic rings. The number of rotatable bonds is 7. The van der Waals surface area contributed by atoms with Gasteiger partial charge in [0.05, 0.1) is 23.2 Å². The first-order valence-corrected chi connectivity index (χ1v) is 12.0. The van der Waals surface area contributed by atoms with Crippen LogP contribution in [-0.4, -0.2) is 63.4 Å². The maximum absolute atomic E-state index is 11.7. The van der Waals surface area contributed by atoms with Crippen molar-refractivity contribution in [2.75, 3.05) is 48.6 Å². The molecule has 0 saturated carbocycles. The van der Waals surface area contributed by atoms with Gasteiger partial charge in [-0.05, 0) is 75.9 Å². The molecule has 2 saturated heterocycles. The summed E-state index contributed by atoms with van der Waals surface area (Å²) in [5.74, 6) is -0.373. The number of nitrogens with zero attached hydrogens (tertiary/aromatic N) is 2. The van der Waals surface area contributed by atoms with E-state index in [-0.39, 0.29) is 5.56 Å². The lowest BCUT2D eigenvalue weighted by Gasteiger charge is -2.36. The van der Waals surface area contributed by atoms with Gasteiger partial charge in [-0.15, -0.1) is 0 Å². The van der Waals surface area contributed by atoms with Crippen molar-refractivity contribution in [3.05, 3.63) is 23.8 Å². The molecule has 0 spiro atoms. The third-order valence-electron chi connectivity index (χ3n) is 5.80. The van der Waals surface area contributed by atoms with Crippen molar-refractivity contribution in [3.63, 3.8) is 0 Å². The molecule has 0 unspecified atom stereocenters. The van der Waals surface area contributed by atoms with Gasteiger partial charge in [0.2, 0.25) is 10.0 Å². The second-order valence-electron chi connectivity index (χ2n) is 8.03. The summed E-state index contributed by atoms with van der Waals surface area (Å²) in [6, 6.07) is 4.65. The first kappa shape index (κ1) is 20.9. The predicted octanol–water partition coefficient (Wildman–Crippen LogP) is 2.85. The number of nitrogens with one attached hydrogen (secondary N) is 1.